The zero-order valence-corrected chi connectivity index (χ0v) is 18.4. The van der Waals surface area contributed by atoms with Crippen LogP contribution in [0, 0.1) is 0 Å². The summed E-state index contributed by atoms with van der Waals surface area (Å²) < 4.78 is 12.4. The van der Waals surface area contributed by atoms with E-state index in [4.69, 9.17) is 9.47 Å². The van der Waals surface area contributed by atoms with E-state index in [1.165, 1.54) is 24.0 Å². The topological polar surface area (TPSA) is 47.6 Å². The van der Waals surface area contributed by atoms with Crippen LogP contribution >= 0.6 is 0 Å². The minimum Gasteiger partial charge on any atom is -0.487 e. The van der Waals surface area contributed by atoms with Gasteiger partial charge in [-0.3, -0.25) is 4.79 Å². The zero-order chi connectivity index (χ0) is 21.1. The van der Waals surface area contributed by atoms with Crippen LogP contribution in [0.5, 0.6) is 11.5 Å². The monoisotopic (exact) mass is 407 g/mol. The van der Waals surface area contributed by atoms with Gasteiger partial charge < -0.3 is 14.8 Å². The van der Waals surface area contributed by atoms with Crippen molar-refractivity contribution in [2.24, 2.45) is 0 Å². The first kappa shape index (κ1) is 20.8. The highest BCUT2D eigenvalue weighted by Gasteiger charge is 2.39. The van der Waals surface area contributed by atoms with Crippen molar-refractivity contribution < 1.29 is 14.3 Å². The number of carbonyl (C=O) groups excluding carboxylic acids is 1. The molecule has 1 aliphatic heterocycles. The maximum Gasteiger partial charge on any atom is 0.261 e. The highest BCUT2D eigenvalue weighted by Crippen LogP contribution is 2.42. The summed E-state index contributed by atoms with van der Waals surface area (Å²) >= 11 is 0. The standard InChI is InChI=1S/C26H33NO3/c1-4-26(5-2)17-23(22-12-8-9-13-24(22)30-26)27-25(28)18(3)29-21-15-14-19-10-6-7-11-20(19)16-21/h8-9,12-16,18,23H,4-7,10-11,17H2,1-3H3,(H,27,28)/t18-,23-/m0/s1. The number of fused-ring (bicyclic) bond motifs is 2. The van der Waals surface area contributed by atoms with Crippen molar-refractivity contribution in [3.8, 4) is 11.5 Å². The molecule has 0 fully saturated rings. The van der Waals surface area contributed by atoms with E-state index in [0.29, 0.717) is 0 Å². The number of hydrogen-bond donors (Lipinski definition) is 1. The molecule has 0 spiro atoms. The highest BCUT2D eigenvalue weighted by atomic mass is 16.5. The number of nitrogens with one attached hydrogen (secondary N) is 1. The zero-order valence-electron chi connectivity index (χ0n) is 18.4. The fraction of sp³-hybridized carbons (Fsp3) is 0.500. The Kier molecular flexibility index (Phi) is 6.03. The van der Waals surface area contributed by atoms with Crippen LogP contribution in [-0.4, -0.2) is 17.6 Å². The van der Waals surface area contributed by atoms with E-state index in [2.05, 4.69) is 31.3 Å². The molecule has 2 aromatic carbocycles. The molecule has 1 aliphatic carbocycles. The van der Waals surface area contributed by atoms with Gasteiger partial charge in [-0.25, -0.2) is 0 Å². The van der Waals surface area contributed by atoms with Crippen LogP contribution in [0.2, 0.25) is 0 Å². The largest absolute Gasteiger partial charge is 0.487 e. The summed E-state index contributed by atoms with van der Waals surface area (Å²) in [5, 5.41) is 3.24. The Bertz CT molecular complexity index is 903. The van der Waals surface area contributed by atoms with Crippen LogP contribution in [0.25, 0.3) is 0 Å². The average Bonchev–Trinajstić information content (AvgIpc) is 2.78. The molecule has 0 unspecified atom stereocenters. The van der Waals surface area contributed by atoms with E-state index in [0.717, 1.165) is 49.2 Å². The molecular weight excluding hydrogens is 374 g/mol. The lowest BCUT2D eigenvalue weighted by atomic mass is 9.83. The Labute approximate surface area is 180 Å². The first-order valence-electron chi connectivity index (χ1n) is 11.4. The fourth-order valence-corrected chi connectivity index (χ4v) is 4.76. The maximum absolute atomic E-state index is 13.0. The molecular formula is C26H33NO3. The third kappa shape index (κ3) is 4.19. The summed E-state index contributed by atoms with van der Waals surface area (Å²) in [6.45, 7) is 6.13. The molecule has 2 aromatic rings. The Morgan fingerprint density at radius 2 is 1.87 bits per heavy atom. The summed E-state index contributed by atoms with van der Waals surface area (Å²) in [5.41, 5.74) is 3.58. The molecule has 4 rings (SSSR count). The van der Waals surface area contributed by atoms with Gasteiger partial charge in [0.2, 0.25) is 0 Å². The number of amides is 1. The number of aryl methyl sites for hydroxylation is 2. The van der Waals surface area contributed by atoms with Crippen molar-refractivity contribution in [2.75, 3.05) is 0 Å². The van der Waals surface area contributed by atoms with Crippen LogP contribution in [0.4, 0.5) is 0 Å². The molecule has 2 atom stereocenters. The molecule has 0 radical (unpaired) electrons. The molecule has 160 valence electrons. The lowest BCUT2D eigenvalue weighted by molar-refractivity contribution is -0.128. The SMILES string of the molecule is CCC1(CC)C[C@H](NC(=O)[C@H](C)Oc2ccc3c(c2)CCCC3)c2ccccc2O1. The van der Waals surface area contributed by atoms with Gasteiger partial charge in [-0.1, -0.05) is 38.1 Å². The molecule has 1 heterocycles. The molecule has 0 aromatic heterocycles. The van der Waals surface area contributed by atoms with Gasteiger partial charge in [-0.05, 0) is 74.8 Å². The number of rotatable bonds is 6. The van der Waals surface area contributed by atoms with Crippen LogP contribution in [0.1, 0.15) is 75.6 Å². The van der Waals surface area contributed by atoms with Gasteiger partial charge in [0.05, 0.1) is 6.04 Å². The van der Waals surface area contributed by atoms with Crippen LogP contribution in [-0.2, 0) is 17.6 Å². The van der Waals surface area contributed by atoms with Crippen LogP contribution in [0.15, 0.2) is 42.5 Å². The van der Waals surface area contributed by atoms with Crippen molar-refractivity contribution in [2.45, 2.75) is 83.5 Å². The summed E-state index contributed by atoms with van der Waals surface area (Å²) in [7, 11) is 0. The van der Waals surface area contributed by atoms with E-state index in [1.807, 2.05) is 37.3 Å². The van der Waals surface area contributed by atoms with E-state index in [1.54, 1.807) is 0 Å². The van der Waals surface area contributed by atoms with Gasteiger partial charge in [0.15, 0.2) is 6.10 Å². The molecule has 1 amide bonds. The average molecular weight is 408 g/mol. The summed E-state index contributed by atoms with van der Waals surface area (Å²) in [4.78, 5) is 13.0. The Morgan fingerprint density at radius 3 is 2.63 bits per heavy atom. The Morgan fingerprint density at radius 1 is 1.13 bits per heavy atom. The molecule has 0 saturated carbocycles. The van der Waals surface area contributed by atoms with Gasteiger partial charge in [-0.15, -0.1) is 0 Å². The van der Waals surface area contributed by atoms with Crippen molar-refractivity contribution in [3.05, 3.63) is 59.2 Å². The Balaban J connectivity index is 1.47. The number of carbonyl (C=O) groups is 1. The highest BCUT2D eigenvalue weighted by molar-refractivity contribution is 5.81. The van der Waals surface area contributed by atoms with E-state index in [-0.39, 0.29) is 17.6 Å². The molecule has 4 nitrogen and oxygen atoms in total. The molecule has 0 bridgehead atoms. The van der Waals surface area contributed by atoms with Gasteiger partial charge in [-0.2, -0.15) is 0 Å². The molecule has 4 heteroatoms. The van der Waals surface area contributed by atoms with Crippen molar-refractivity contribution in [3.63, 3.8) is 0 Å². The molecule has 30 heavy (non-hydrogen) atoms. The smallest absolute Gasteiger partial charge is 0.261 e. The minimum absolute atomic E-state index is 0.0723. The predicted octanol–water partition coefficient (Wildman–Crippen LogP) is 5.53. The number of para-hydroxylation sites is 1. The number of hydrogen-bond acceptors (Lipinski definition) is 3. The second-order valence-electron chi connectivity index (χ2n) is 8.69. The summed E-state index contributed by atoms with van der Waals surface area (Å²) in [6.07, 6.45) is 6.76. The van der Waals surface area contributed by atoms with Gasteiger partial charge >= 0.3 is 0 Å². The third-order valence-corrected chi connectivity index (χ3v) is 6.80. The minimum atomic E-state index is -0.556. The van der Waals surface area contributed by atoms with Crippen molar-refractivity contribution in [1.82, 2.24) is 5.32 Å². The van der Waals surface area contributed by atoms with Gasteiger partial charge in [0.1, 0.15) is 17.1 Å². The molecule has 2 aliphatic rings. The van der Waals surface area contributed by atoms with Gasteiger partial charge in [0, 0.05) is 12.0 Å². The first-order chi connectivity index (χ1) is 14.5. The van der Waals surface area contributed by atoms with Gasteiger partial charge in [0.25, 0.3) is 5.91 Å². The predicted molar refractivity (Wildman–Crippen MR) is 119 cm³/mol. The van der Waals surface area contributed by atoms with Crippen molar-refractivity contribution >= 4 is 5.91 Å². The van der Waals surface area contributed by atoms with Crippen LogP contribution < -0.4 is 14.8 Å². The summed E-state index contributed by atoms with van der Waals surface area (Å²) in [6, 6.07) is 14.2. The second-order valence-corrected chi connectivity index (χ2v) is 8.69. The van der Waals surface area contributed by atoms with Crippen LogP contribution in [0.3, 0.4) is 0 Å². The first-order valence-corrected chi connectivity index (χ1v) is 11.4. The normalized spacial score (nSPS) is 20.3. The molecule has 1 N–H and O–H groups in total. The Hall–Kier alpha value is -2.49. The van der Waals surface area contributed by atoms with E-state index in [9.17, 15) is 4.79 Å². The lowest BCUT2D eigenvalue weighted by Crippen LogP contribution is -2.46. The lowest BCUT2D eigenvalue weighted by Gasteiger charge is -2.41. The molecule has 0 saturated heterocycles. The van der Waals surface area contributed by atoms with E-state index >= 15 is 0 Å². The third-order valence-electron chi connectivity index (χ3n) is 6.80. The summed E-state index contributed by atoms with van der Waals surface area (Å²) in [5.74, 6) is 1.57. The second kappa shape index (κ2) is 8.71. The van der Waals surface area contributed by atoms with Crippen molar-refractivity contribution in [1.29, 1.82) is 0 Å². The van der Waals surface area contributed by atoms with E-state index < -0.39 is 6.10 Å². The maximum atomic E-state index is 13.0. The number of benzene rings is 2. The fourth-order valence-electron chi connectivity index (χ4n) is 4.76. The quantitative estimate of drug-likeness (QED) is 0.685. The number of ether oxygens (including phenoxy) is 2.